The number of nitrogens with one attached hydrogen (secondary N) is 1. The molecule has 5 heteroatoms. The molecule has 0 atom stereocenters. The van der Waals surface area contributed by atoms with Crippen molar-refractivity contribution in [3.8, 4) is 0 Å². The first-order valence-corrected chi connectivity index (χ1v) is 6.24. The number of pyridine rings is 1. The van der Waals surface area contributed by atoms with Crippen molar-refractivity contribution in [3.63, 3.8) is 0 Å². The fourth-order valence-electron chi connectivity index (χ4n) is 1.61. The molecule has 0 spiro atoms. The summed E-state index contributed by atoms with van der Waals surface area (Å²) >= 11 is 0. The minimum Gasteiger partial charge on any atom is -0.477 e. The number of hydrogen-bond donors (Lipinski definition) is 3. The second-order valence-electron chi connectivity index (χ2n) is 4.76. The van der Waals surface area contributed by atoms with Crippen LogP contribution in [0.1, 0.15) is 43.6 Å². The number of carboxylic acid groups (broad SMARTS) is 1. The molecular formula is C13H21N3O2. The van der Waals surface area contributed by atoms with Gasteiger partial charge in [0.05, 0.1) is 5.69 Å². The molecule has 0 amide bonds. The Labute approximate surface area is 107 Å². The monoisotopic (exact) mass is 251 g/mol. The van der Waals surface area contributed by atoms with E-state index in [9.17, 15) is 4.79 Å². The van der Waals surface area contributed by atoms with Crippen LogP contribution < -0.4 is 11.1 Å². The fraction of sp³-hybridized carbons (Fsp3) is 0.538. The zero-order valence-corrected chi connectivity index (χ0v) is 10.9. The molecule has 0 saturated carbocycles. The van der Waals surface area contributed by atoms with Crippen LogP contribution in [0.4, 0.5) is 11.5 Å². The molecule has 0 unspecified atom stereocenters. The van der Waals surface area contributed by atoms with Gasteiger partial charge in [0.2, 0.25) is 0 Å². The zero-order valence-electron chi connectivity index (χ0n) is 10.9. The number of nitrogens with two attached hydrogens (primary N) is 1. The van der Waals surface area contributed by atoms with Crippen LogP contribution in [0.25, 0.3) is 0 Å². The Kier molecular flexibility index (Phi) is 5.42. The summed E-state index contributed by atoms with van der Waals surface area (Å²) in [6.45, 7) is 5.15. The molecule has 0 fully saturated rings. The van der Waals surface area contributed by atoms with Crippen molar-refractivity contribution in [1.29, 1.82) is 0 Å². The van der Waals surface area contributed by atoms with Gasteiger partial charge in [-0.25, -0.2) is 9.78 Å². The highest BCUT2D eigenvalue weighted by Crippen LogP contribution is 2.16. The number of unbranched alkanes of at least 4 members (excludes halogenated alkanes) is 1. The van der Waals surface area contributed by atoms with Gasteiger partial charge in [0.25, 0.3) is 0 Å². The lowest BCUT2D eigenvalue weighted by molar-refractivity contribution is 0.0690. The van der Waals surface area contributed by atoms with Gasteiger partial charge in [-0.05, 0) is 24.5 Å². The minimum absolute atomic E-state index is 0.00822. The SMILES string of the molecule is CC(C)CCCCNc1nc(C(=O)O)ccc1N. The van der Waals surface area contributed by atoms with E-state index < -0.39 is 5.97 Å². The number of carboxylic acids is 1. The van der Waals surface area contributed by atoms with Gasteiger partial charge in [-0.2, -0.15) is 0 Å². The van der Waals surface area contributed by atoms with Crippen molar-refractivity contribution in [2.75, 3.05) is 17.6 Å². The maximum absolute atomic E-state index is 10.8. The molecule has 5 nitrogen and oxygen atoms in total. The highest BCUT2D eigenvalue weighted by atomic mass is 16.4. The first-order chi connectivity index (χ1) is 8.50. The predicted octanol–water partition coefficient (Wildman–Crippen LogP) is 2.60. The van der Waals surface area contributed by atoms with E-state index in [1.54, 1.807) is 6.07 Å². The van der Waals surface area contributed by atoms with E-state index in [1.807, 2.05) is 0 Å². The van der Waals surface area contributed by atoms with Crippen LogP contribution in [0.15, 0.2) is 12.1 Å². The Balaban J connectivity index is 2.46. The van der Waals surface area contributed by atoms with Gasteiger partial charge < -0.3 is 16.2 Å². The van der Waals surface area contributed by atoms with Crippen molar-refractivity contribution in [2.45, 2.75) is 33.1 Å². The van der Waals surface area contributed by atoms with E-state index in [-0.39, 0.29) is 5.69 Å². The number of nitrogens with zero attached hydrogens (tertiary/aromatic N) is 1. The van der Waals surface area contributed by atoms with Crippen LogP contribution in [0.5, 0.6) is 0 Å². The Hall–Kier alpha value is -1.78. The summed E-state index contributed by atoms with van der Waals surface area (Å²) in [5, 5.41) is 11.9. The van der Waals surface area contributed by atoms with Crippen molar-refractivity contribution >= 4 is 17.5 Å². The van der Waals surface area contributed by atoms with Gasteiger partial charge >= 0.3 is 5.97 Å². The normalized spacial score (nSPS) is 10.6. The molecule has 18 heavy (non-hydrogen) atoms. The summed E-state index contributed by atoms with van der Waals surface area (Å²) in [7, 11) is 0. The lowest BCUT2D eigenvalue weighted by Gasteiger charge is -2.09. The molecule has 0 aromatic carbocycles. The molecule has 0 aliphatic carbocycles. The van der Waals surface area contributed by atoms with Crippen molar-refractivity contribution in [3.05, 3.63) is 17.8 Å². The van der Waals surface area contributed by atoms with Gasteiger partial charge in [-0.15, -0.1) is 0 Å². The number of anilines is 2. The second kappa shape index (κ2) is 6.83. The maximum Gasteiger partial charge on any atom is 0.354 e. The van der Waals surface area contributed by atoms with Gasteiger partial charge in [0.15, 0.2) is 5.69 Å². The summed E-state index contributed by atoms with van der Waals surface area (Å²) in [5.74, 6) is 0.126. The average molecular weight is 251 g/mol. The van der Waals surface area contributed by atoms with Crippen LogP contribution in [0, 0.1) is 5.92 Å². The van der Waals surface area contributed by atoms with Crippen molar-refractivity contribution in [2.24, 2.45) is 5.92 Å². The molecule has 4 N–H and O–H groups in total. The Morgan fingerprint density at radius 3 is 2.78 bits per heavy atom. The first kappa shape index (κ1) is 14.3. The predicted molar refractivity (Wildman–Crippen MR) is 72.8 cm³/mol. The standard InChI is InChI=1S/C13H21N3O2/c1-9(2)5-3-4-8-15-12-10(14)6-7-11(16-12)13(17)18/h6-7,9H,3-5,8,14H2,1-2H3,(H,15,16)(H,17,18). The molecular weight excluding hydrogens is 230 g/mol. The maximum atomic E-state index is 10.8. The third kappa shape index (κ3) is 4.61. The molecule has 1 aromatic rings. The second-order valence-corrected chi connectivity index (χ2v) is 4.76. The molecule has 1 heterocycles. The van der Waals surface area contributed by atoms with E-state index in [0.717, 1.165) is 19.4 Å². The fourth-order valence-corrected chi connectivity index (χ4v) is 1.61. The van der Waals surface area contributed by atoms with E-state index in [0.29, 0.717) is 17.4 Å². The summed E-state index contributed by atoms with van der Waals surface area (Å²) in [6.07, 6.45) is 3.36. The highest BCUT2D eigenvalue weighted by molar-refractivity contribution is 5.86. The van der Waals surface area contributed by atoms with Crippen LogP contribution in [-0.2, 0) is 0 Å². The lowest BCUT2D eigenvalue weighted by atomic mass is 10.1. The minimum atomic E-state index is -1.04. The lowest BCUT2D eigenvalue weighted by Crippen LogP contribution is -2.09. The average Bonchev–Trinajstić information content (AvgIpc) is 2.30. The van der Waals surface area contributed by atoms with Crippen LogP contribution in [0.3, 0.4) is 0 Å². The number of aromatic carboxylic acids is 1. The smallest absolute Gasteiger partial charge is 0.354 e. The number of aromatic nitrogens is 1. The van der Waals surface area contributed by atoms with Crippen LogP contribution in [-0.4, -0.2) is 22.6 Å². The third-order valence-electron chi connectivity index (χ3n) is 2.65. The Bertz CT molecular complexity index is 405. The van der Waals surface area contributed by atoms with Gasteiger partial charge in [0.1, 0.15) is 5.82 Å². The molecule has 0 aliphatic rings. The molecule has 1 rings (SSSR count). The summed E-state index contributed by atoms with van der Waals surface area (Å²) in [4.78, 5) is 14.8. The first-order valence-electron chi connectivity index (χ1n) is 6.24. The van der Waals surface area contributed by atoms with Crippen LogP contribution in [0.2, 0.25) is 0 Å². The molecule has 0 radical (unpaired) electrons. The Morgan fingerprint density at radius 2 is 2.17 bits per heavy atom. The quantitative estimate of drug-likeness (QED) is 0.648. The summed E-state index contributed by atoms with van der Waals surface area (Å²) in [6, 6.07) is 2.97. The molecule has 0 aliphatic heterocycles. The molecule has 100 valence electrons. The number of nitrogen functional groups attached to an aromatic ring is 1. The summed E-state index contributed by atoms with van der Waals surface area (Å²) in [5.41, 5.74) is 6.22. The number of carbonyl (C=O) groups is 1. The Morgan fingerprint density at radius 1 is 1.44 bits per heavy atom. The van der Waals surface area contributed by atoms with Crippen molar-refractivity contribution < 1.29 is 9.90 Å². The zero-order chi connectivity index (χ0) is 13.5. The largest absolute Gasteiger partial charge is 0.477 e. The number of rotatable bonds is 7. The van der Waals surface area contributed by atoms with Gasteiger partial charge in [-0.1, -0.05) is 26.7 Å². The van der Waals surface area contributed by atoms with Gasteiger partial charge in [0, 0.05) is 6.54 Å². The van der Waals surface area contributed by atoms with E-state index in [4.69, 9.17) is 10.8 Å². The van der Waals surface area contributed by atoms with E-state index in [2.05, 4.69) is 24.1 Å². The summed E-state index contributed by atoms with van der Waals surface area (Å²) < 4.78 is 0. The highest BCUT2D eigenvalue weighted by Gasteiger charge is 2.07. The molecule has 0 saturated heterocycles. The molecule has 1 aromatic heterocycles. The van der Waals surface area contributed by atoms with Crippen LogP contribution >= 0.6 is 0 Å². The third-order valence-corrected chi connectivity index (χ3v) is 2.65. The number of hydrogen-bond acceptors (Lipinski definition) is 4. The molecule has 0 bridgehead atoms. The van der Waals surface area contributed by atoms with E-state index >= 15 is 0 Å². The van der Waals surface area contributed by atoms with E-state index in [1.165, 1.54) is 12.5 Å². The van der Waals surface area contributed by atoms with Gasteiger partial charge in [-0.3, -0.25) is 0 Å². The van der Waals surface area contributed by atoms with Crippen molar-refractivity contribution in [1.82, 2.24) is 4.98 Å². The topological polar surface area (TPSA) is 88.2 Å².